The number of nitrogens with two attached hydrogens (primary N) is 1. The predicted octanol–water partition coefficient (Wildman–Crippen LogP) is 1.93. The van der Waals surface area contributed by atoms with Crippen molar-refractivity contribution >= 4 is 5.91 Å². The predicted molar refractivity (Wildman–Crippen MR) is 64.5 cm³/mol. The Morgan fingerprint density at radius 1 is 1.13 bits per heavy atom. The maximum atomic E-state index is 10.9. The van der Waals surface area contributed by atoms with Gasteiger partial charge in [0, 0.05) is 23.7 Å². The molecular formula is C12H24N2O. The Morgan fingerprint density at radius 2 is 1.53 bits per heavy atom. The molecule has 0 aliphatic heterocycles. The SMILES string of the molecule is CC(=CC(C)N(C(C)C)C(C)C)C(N)=O. The molecule has 0 aliphatic rings. The summed E-state index contributed by atoms with van der Waals surface area (Å²) in [7, 11) is 0. The van der Waals surface area contributed by atoms with E-state index in [1.54, 1.807) is 6.92 Å². The first-order chi connectivity index (χ1) is 6.77. The average molecular weight is 212 g/mol. The molecule has 0 aliphatic carbocycles. The second kappa shape index (κ2) is 5.91. The minimum absolute atomic E-state index is 0.234. The molecule has 0 spiro atoms. The van der Waals surface area contributed by atoms with Crippen LogP contribution in [0, 0.1) is 0 Å². The summed E-state index contributed by atoms with van der Waals surface area (Å²) in [5.74, 6) is -0.339. The van der Waals surface area contributed by atoms with Crippen LogP contribution in [0.25, 0.3) is 0 Å². The van der Waals surface area contributed by atoms with Crippen molar-refractivity contribution in [1.82, 2.24) is 4.90 Å². The smallest absolute Gasteiger partial charge is 0.244 e. The van der Waals surface area contributed by atoms with E-state index in [1.165, 1.54) is 0 Å². The summed E-state index contributed by atoms with van der Waals surface area (Å²) in [6.07, 6.45) is 1.93. The van der Waals surface area contributed by atoms with Crippen molar-refractivity contribution < 1.29 is 4.79 Å². The van der Waals surface area contributed by atoms with E-state index in [0.717, 1.165) is 0 Å². The van der Waals surface area contributed by atoms with Crippen molar-refractivity contribution in [3.05, 3.63) is 11.6 Å². The molecule has 0 bridgehead atoms. The van der Waals surface area contributed by atoms with Gasteiger partial charge in [-0.3, -0.25) is 9.69 Å². The van der Waals surface area contributed by atoms with Gasteiger partial charge in [-0.15, -0.1) is 0 Å². The van der Waals surface area contributed by atoms with Gasteiger partial charge in [0.05, 0.1) is 0 Å². The van der Waals surface area contributed by atoms with Gasteiger partial charge in [0.15, 0.2) is 0 Å². The molecule has 0 saturated heterocycles. The lowest BCUT2D eigenvalue weighted by Gasteiger charge is -2.35. The molecule has 0 radical (unpaired) electrons. The maximum Gasteiger partial charge on any atom is 0.244 e. The normalized spacial score (nSPS) is 15.1. The summed E-state index contributed by atoms with van der Waals surface area (Å²) in [5.41, 5.74) is 5.84. The number of nitrogens with zero attached hydrogens (tertiary/aromatic N) is 1. The first-order valence-corrected chi connectivity index (χ1v) is 5.53. The molecule has 88 valence electrons. The number of hydrogen-bond acceptors (Lipinski definition) is 2. The third-order valence-corrected chi connectivity index (χ3v) is 2.54. The lowest BCUT2D eigenvalue weighted by molar-refractivity contribution is -0.114. The Kier molecular flexibility index (Phi) is 5.58. The maximum absolute atomic E-state index is 10.9. The van der Waals surface area contributed by atoms with Crippen molar-refractivity contribution in [1.29, 1.82) is 0 Å². The van der Waals surface area contributed by atoms with Crippen LogP contribution < -0.4 is 5.73 Å². The number of primary amides is 1. The Labute approximate surface area is 93.3 Å². The van der Waals surface area contributed by atoms with Gasteiger partial charge in [-0.25, -0.2) is 0 Å². The fourth-order valence-corrected chi connectivity index (χ4v) is 2.07. The zero-order chi connectivity index (χ0) is 12.2. The van der Waals surface area contributed by atoms with E-state index in [-0.39, 0.29) is 11.9 Å². The largest absolute Gasteiger partial charge is 0.366 e. The van der Waals surface area contributed by atoms with Crippen LogP contribution in [0.15, 0.2) is 11.6 Å². The van der Waals surface area contributed by atoms with Gasteiger partial charge in [0.25, 0.3) is 0 Å². The van der Waals surface area contributed by atoms with Crippen LogP contribution in [0.1, 0.15) is 41.5 Å². The van der Waals surface area contributed by atoms with Crippen molar-refractivity contribution in [2.45, 2.75) is 59.7 Å². The van der Waals surface area contributed by atoms with Crippen molar-refractivity contribution in [2.24, 2.45) is 5.73 Å². The molecule has 1 unspecified atom stereocenters. The summed E-state index contributed by atoms with van der Waals surface area (Å²) in [6.45, 7) is 12.5. The molecule has 1 amide bonds. The van der Waals surface area contributed by atoms with Crippen LogP contribution in [0.4, 0.5) is 0 Å². The van der Waals surface area contributed by atoms with Crippen LogP contribution in [0.3, 0.4) is 0 Å². The van der Waals surface area contributed by atoms with Crippen LogP contribution in [0.2, 0.25) is 0 Å². The Morgan fingerprint density at radius 3 is 1.80 bits per heavy atom. The third kappa shape index (κ3) is 4.47. The Bertz CT molecular complexity index is 236. The van der Waals surface area contributed by atoms with Gasteiger partial charge in [-0.1, -0.05) is 6.08 Å². The first kappa shape index (κ1) is 14.2. The van der Waals surface area contributed by atoms with E-state index in [2.05, 4.69) is 39.5 Å². The number of amides is 1. The molecule has 0 fully saturated rings. The molecule has 3 heteroatoms. The molecule has 0 saturated carbocycles. The van der Waals surface area contributed by atoms with Crippen LogP contribution in [0.5, 0.6) is 0 Å². The lowest BCUT2D eigenvalue weighted by Crippen LogP contribution is -2.43. The van der Waals surface area contributed by atoms with Crippen LogP contribution in [-0.4, -0.2) is 28.9 Å². The summed E-state index contributed by atoms with van der Waals surface area (Å²) in [4.78, 5) is 13.3. The minimum Gasteiger partial charge on any atom is -0.366 e. The van der Waals surface area contributed by atoms with E-state index in [1.807, 2.05) is 6.08 Å². The first-order valence-electron chi connectivity index (χ1n) is 5.53. The number of rotatable bonds is 5. The monoisotopic (exact) mass is 212 g/mol. The number of carbonyl (C=O) groups excluding carboxylic acids is 1. The van der Waals surface area contributed by atoms with Gasteiger partial charge < -0.3 is 5.73 Å². The van der Waals surface area contributed by atoms with Gasteiger partial charge in [-0.05, 0) is 41.5 Å². The van der Waals surface area contributed by atoms with Gasteiger partial charge in [0.2, 0.25) is 5.91 Å². The number of hydrogen-bond donors (Lipinski definition) is 1. The summed E-state index contributed by atoms with van der Waals surface area (Å²) in [6, 6.07) is 1.14. The zero-order valence-corrected chi connectivity index (χ0v) is 10.7. The molecule has 0 aromatic heterocycles. The quantitative estimate of drug-likeness (QED) is 0.708. The highest BCUT2D eigenvalue weighted by atomic mass is 16.1. The zero-order valence-electron chi connectivity index (χ0n) is 10.7. The minimum atomic E-state index is -0.339. The fourth-order valence-electron chi connectivity index (χ4n) is 2.07. The molecule has 0 aromatic rings. The molecule has 0 heterocycles. The van der Waals surface area contributed by atoms with Crippen molar-refractivity contribution in [3.8, 4) is 0 Å². The summed E-state index contributed by atoms with van der Waals surface area (Å²) < 4.78 is 0. The molecule has 2 N–H and O–H groups in total. The molecule has 3 nitrogen and oxygen atoms in total. The highest BCUT2D eigenvalue weighted by molar-refractivity contribution is 5.91. The Hall–Kier alpha value is -0.830. The summed E-state index contributed by atoms with van der Waals surface area (Å²) in [5, 5.41) is 0. The van der Waals surface area contributed by atoms with E-state index < -0.39 is 0 Å². The van der Waals surface area contributed by atoms with Crippen molar-refractivity contribution in [2.75, 3.05) is 0 Å². The molecule has 1 atom stereocenters. The van der Waals surface area contributed by atoms with Gasteiger partial charge >= 0.3 is 0 Å². The lowest BCUT2D eigenvalue weighted by atomic mass is 10.1. The third-order valence-electron chi connectivity index (χ3n) is 2.54. The van der Waals surface area contributed by atoms with E-state index in [9.17, 15) is 4.79 Å². The average Bonchev–Trinajstić information content (AvgIpc) is 2.01. The van der Waals surface area contributed by atoms with E-state index in [4.69, 9.17) is 5.73 Å². The van der Waals surface area contributed by atoms with E-state index in [0.29, 0.717) is 17.7 Å². The second-order valence-corrected chi connectivity index (χ2v) is 4.59. The van der Waals surface area contributed by atoms with Crippen LogP contribution >= 0.6 is 0 Å². The molecule has 0 aromatic carbocycles. The molecule has 15 heavy (non-hydrogen) atoms. The Balaban J connectivity index is 4.73. The second-order valence-electron chi connectivity index (χ2n) is 4.59. The van der Waals surface area contributed by atoms with Crippen molar-refractivity contribution in [3.63, 3.8) is 0 Å². The standard InChI is InChI=1S/C12H24N2O/c1-8(2)14(9(3)4)11(6)7-10(5)12(13)15/h7-9,11H,1-6H3,(H2,13,15). The highest BCUT2D eigenvalue weighted by Crippen LogP contribution is 2.12. The molecule has 0 rings (SSSR count). The fraction of sp³-hybridized carbons (Fsp3) is 0.750. The van der Waals surface area contributed by atoms with E-state index >= 15 is 0 Å². The van der Waals surface area contributed by atoms with Gasteiger partial charge in [0.1, 0.15) is 0 Å². The topological polar surface area (TPSA) is 46.3 Å². The van der Waals surface area contributed by atoms with Crippen LogP contribution in [-0.2, 0) is 4.79 Å². The molecular weight excluding hydrogens is 188 g/mol. The summed E-state index contributed by atoms with van der Waals surface area (Å²) >= 11 is 0. The highest BCUT2D eigenvalue weighted by Gasteiger charge is 2.18. The van der Waals surface area contributed by atoms with Gasteiger partial charge in [-0.2, -0.15) is 0 Å². The number of carbonyl (C=O) groups is 1.